The van der Waals surface area contributed by atoms with Gasteiger partial charge in [0.05, 0.1) is 17.8 Å². The summed E-state index contributed by atoms with van der Waals surface area (Å²) in [6.07, 6.45) is 7.75. The van der Waals surface area contributed by atoms with E-state index >= 15 is 0 Å². The van der Waals surface area contributed by atoms with Gasteiger partial charge in [0.25, 0.3) is 0 Å². The van der Waals surface area contributed by atoms with E-state index < -0.39 is 0 Å². The molecule has 0 radical (unpaired) electrons. The van der Waals surface area contributed by atoms with Crippen molar-refractivity contribution < 1.29 is 4.79 Å². The second-order valence-corrected chi connectivity index (χ2v) is 4.69. The largest absolute Gasteiger partial charge is 0.273 e. The maximum absolute atomic E-state index is 11.5. The van der Waals surface area contributed by atoms with Crippen molar-refractivity contribution in [2.24, 2.45) is 5.10 Å². The third kappa shape index (κ3) is 6.69. The van der Waals surface area contributed by atoms with Crippen LogP contribution in [0, 0.1) is 11.3 Å². The number of nitriles is 1. The molecule has 0 aliphatic heterocycles. The number of rotatable bonds is 8. The van der Waals surface area contributed by atoms with Gasteiger partial charge in [-0.05, 0) is 24.1 Å². The number of carbonyl (C=O) groups excluding carboxylic acids is 1. The molecule has 0 atom stereocenters. The lowest BCUT2D eigenvalue weighted by molar-refractivity contribution is -0.121. The molecule has 0 saturated heterocycles. The van der Waals surface area contributed by atoms with E-state index in [1.54, 1.807) is 30.5 Å². The summed E-state index contributed by atoms with van der Waals surface area (Å²) in [6, 6.07) is 9.07. The van der Waals surface area contributed by atoms with Crippen molar-refractivity contribution in [3.63, 3.8) is 0 Å². The number of hydrazone groups is 1. The van der Waals surface area contributed by atoms with Gasteiger partial charge in [0.15, 0.2) is 0 Å². The molecule has 0 bridgehead atoms. The lowest BCUT2D eigenvalue weighted by Crippen LogP contribution is -2.16. The Hall–Kier alpha value is -2.15. The molecule has 106 valence electrons. The van der Waals surface area contributed by atoms with Gasteiger partial charge in [-0.25, -0.2) is 5.43 Å². The number of benzene rings is 1. The summed E-state index contributed by atoms with van der Waals surface area (Å²) in [4.78, 5) is 11.5. The molecule has 0 spiro atoms. The topological polar surface area (TPSA) is 65.2 Å². The van der Waals surface area contributed by atoms with Crippen molar-refractivity contribution in [1.29, 1.82) is 5.26 Å². The number of unbranched alkanes of at least 4 members (excludes halogenated alkanes) is 4. The van der Waals surface area contributed by atoms with Gasteiger partial charge in [0, 0.05) is 6.42 Å². The van der Waals surface area contributed by atoms with E-state index in [2.05, 4.69) is 23.5 Å². The predicted molar refractivity (Wildman–Crippen MR) is 80.3 cm³/mol. The summed E-state index contributed by atoms with van der Waals surface area (Å²) in [7, 11) is 0. The summed E-state index contributed by atoms with van der Waals surface area (Å²) in [5, 5.41) is 12.6. The molecule has 0 unspecified atom stereocenters. The van der Waals surface area contributed by atoms with Crippen LogP contribution in [0.15, 0.2) is 29.4 Å². The van der Waals surface area contributed by atoms with Crippen molar-refractivity contribution in [1.82, 2.24) is 5.43 Å². The van der Waals surface area contributed by atoms with E-state index in [-0.39, 0.29) is 5.91 Å². The smallest absolute Gasteiger partial charge is 0.240 e. The number of amides is 1. The normalized spacial score (nSPS) is 10.4. The van der Waals surface area contributed by atoms with Gasteiger partial charge in [0.2, 0.25) is 5.91 Å². The van der Waals surface area contributed by atoms with Crippen LogP contribution in [0.25, 0.3) is 0 Å². The first-order chi connectivity index (χ1) is 9.76. The Labute approximate surface area is 120 Å². The Balaban J connectivity index is 2.22. The van der Waals surface area contributed by atoms with Crippen LogP contribution >= 0.6 is 0 Å². The molecular formula is C16H21N3O. The van der Waals surface area contributed by atoms with Crippen molar-refractivity contribution >= 4 is 12.1 Å². The fourth-order valence-electron chi connectivity index (χ4n) is 1.77. The molecule has 1 aromatic rings. The van der Waals surface area contributed by atoms with Crippen molar-refractivity contribution in [3.8, 4) is 6.07 Å². The van der Waals surface area contributed by atoms with Crippen LogP contribution in [0.3, 0.4) is 0 Å². The van der Waals surface area contributed by atoms with Crippen LogP contribution in [0.5, 0.6) is 0 Å². The summed E-state index contributed by atoms with van der Waals surface area (Å²) in [5.74, 6) is -0.0496. The standard InChI is InChI=1S/C16H21N3O/c1-2-3-4-5-6-7-16(20)19-18-13-15-10-8-14(12-17)9-11-15/h8-11,13H,2-7H2,1H3,(H,19,20). The fourth-order valence-corrected chi connectivity index (χ4v) is 1.77. The highest BCUT2D eigenvalue weighted by atomic mass is 16.2. The summed E-state index contributed by atoms with van der Waals surface area (Å²) < 4.78 is 0. The summed E-state index contributed by atoms with van der Waals surface area (Å²) in [5.41, 5.74) is 3.98. The zero-order valence-electron chi connectivity index (χ0n) is 11.9. The lowest BCUT2D eigenvalue weighted by Gasteiger charge is -2.00. The van der Waals surface area contributed by atoms with Crippen molar-refractivity contribution in [2.75, 3.05) is 0 Å². The van der Waals surface area contributed by atoms with Gasteiger partial charge in [-0.15, -0.1) is 0 Å². The van der Waals surface area contributed by atoms with E-state index in [1.807, 2.05) is 0 Å². The van der Waals surface area contributed by atoms with Gasteiger partial charge in [0.1, 0.15) is 0 Å². The minimum atomic E-state index is -0.0496. The molecule has 0 fully saturated rings. The van der Waals surface area contributed by atoms with E-state index in [0.717, 1.165) is 18.4 Å². The molecule has 0 aliphatic carbocycles. The lowest BCUT2D eigenvalue weighted by atomic mass is 10.1. The van der Waals surface area contributed by atoms with Crippen LogP contribution < -0.4 is 5.43 Å². The number of nitrogens with one attached hydrogen (secondary N) is 1. The number of hydrogen-bond donors (Lipinski definition) is 1. The van der Waals surface area contributed by atoms with Crippen LogP contribution in [0.1, 0.15) is 56.6 Å². The van der Waals surface area contributed by atoms with Gasteiger partial charge < -0.3 is 0 Å². The second kappa shape index (κ2) is 9.74. The molecule has 0 aliphatic rings. The molecule has 4 nitrogen and oxygen atoms in total. The molecule has 0 saturated carbocycles. The first-order valence-electron chi connectivity index (χ1n) is 7.08. The van der Waals surface area contributed by atoms with Crippen LogP contribution in [-0.4, -0.2) is 12.1 Å². The minimum Gasteiger partial charge on any atom is -0.273 e. The van der Waals surface area contributed by atoms with E-state index in [0.29, 0.717) is 12.0 Å². The Morgan fingerprint density at radius 2 is 1.95 bits per heavy atom. The quantitative estimate of drug-likeness (QED) is 0.447. The molecule has 1 N–H and O–H groups in total. The number of hydrogen-bond acceptors (Lipinski definition) is 3. The third-order valence-electron chi connectivity index (χ3n) is 2.95. The summed E-state index contributed by atoms with van der Waals surface area (Å²) >= 11 is 0. The SMILES string of the molecule is CCCCCCCC(=O)NN=Cc1ccc(C#N)cc1. The maximum atomic E-state index is 11.5. The molecule has 1 aromatic carbocycles. The molecule has 4 heteroatoms. The van der Waals surface area contributed by atoms with Gasteiger partial charge in [-0.2, -0.15) is 10.4 Å². The second-order valence-electron chi connectivity index (χ2n) is 4.69. The monoisotopic (exact) mass is 271 g/mol. The van der Waals surface area contributed by atoms with Gasteiger partial charge in [-0.1, -0.05) is 44.7 Å². The van der Waals surface area contributed by atoms with Crippen LogP contribution in [0.2, 0.25) is 0 Å². The zero-order valence-corrected chi connectivity index (χ0v) is 11.9. The molecule has 1 amide bonds. The first-order valence-corrected chi connectivity index (χ1v) is 7.08. The van der Waals surface area contributed by atoms with Gasteiger partial charge >= 0.3 is 0 Å². The van der Waals surface area contributed by atoms with E-state index in [4.69, 9.17) is 5.26 Å². The third-order valence-corrected chi connectivity index (χ3v) is 2.95. The van der Waals surface area contributed by atoms with Crippen LogP contribution in [0.4, 0.5) is 0 Å². The molecule has 0 heterocycles. The van der Waals surface area contributed by atoms with Crippen molar-refractivity contribution in [3.05, 3.63) is 35.4 Å². The molecule has 20 heavy (non-hydrogen) atoms. The van der Waals surface area contributed by atoms with E-state index in [9.17, 15) is 4.79 Å². The molecule has 0 aromatic heterocycles. The highest BCUT2D eigenvalue weighted by Gasteiger charge is 1.98. The number of carbonyl (C=O) groups is 1. The van der Waals surface area contributed by atoms with Gasteiger partial charge in [-0.3, -0.25) is 4.79 Å². The number of nitrogens with zero attached hydrogens (tertiary/aromatic N) is 2. The Bertz CT molecular complexity index is 471. The predicted octanol–water partition coefficient (Wildman–Crippen LogP) is 3.37. The Kier molecular flexibility index (Phi) is 7.74. The molecular weight excluding hydrogens is 250 g/mol. The highest BCUT2D eigenvalue weighted by molar-refractivity contribution is 5.82. The first kappa shape index (κ1) is 15.9. The Morgan fingerprint density at radius 1 is 1.25 bits per heavy atom. The van der Waals surface area contributed by atoms with E-state index in [1.165, 1.54) is 19.3 Å². The highest BCUT2D eigenvalue weighted by Crippen LogP contribution is 2.04. The summed E-state index contributed by atoms with van der Waals surface area (Å²) in [6.45, 7) is 2.17. The minimum absolute atomic E-state index is 0.0496. The zero-order chi connectivity index (χ0) is 14.6. The van der Waals surface area contributed by atoms with Crippen molar-refractivity contribution in [2.45, 2.75) is 45.4 Å². The maximum Gasteiger partial charge on any atom is 0.240 e. The average Bonchev–Trinajstić information content (AvgIpc) is 2.48. The molecule has 1 rings (SSSR count). The Morgan fingerprint density at radius 3 is 2.60 bits per heavy atom. The van der Waals surface area contributed by atoms with Crippen LogP contribution in [-0.2, 0) is 4.79 Å². The average molecular weight is 271 g/mol. The fraction of sp³-hybridized carbons (Fsp3) is 0.438.